The summed E-state index contributed by atoms with van der Waals surface area (Å²) in [5, 5.41) is 1.94. The number of rotatable bonds is 10. The number of carbonyl (C=O) groups is 2. The van der Waals surface area contributed by atoms with Crippen LogP contribution in [-0.4, -0.2) is 52.9 Å². The van der Waals surface area contributed by atoms with E-state index in [0.717, 1.165) is 28.0 Å². The first-order valence-electron chi connectivity index (χ1n) is 15.4. The van der Waals surface area contributed by atoms with Gasteiger partial charge in [-0.05, 0) is 59.0 Å². The van der Waals surface area contributed by atoms with Crippen molar-refractivity contribution in [3.63, 3.8) is 0 Å². The van der Waals surface area contributed by atoms with E-state index in [0.29, 0.717) is 24.5 Å². The van der Waals surface area contributed by atoms with Crippen LogP contribution in [0.2, 0.25) is 0 Å². The number of aliphatic imine (C=N–C) groups is 1. The van der Waals surface area contributed by atoms with Crippen LogP contribution < -0.4 is 9.47 Å². The normalized spacial score (nSPS) is 15.9. The second-order valence-corrected chi connectivity index (χ2v) is 11.9. The molecule has 10 heteroatoms. The van der Waals surface area contributed by atoms with E-state index in [-0.39, 0.29) is 23.6 Å². The van der Waals surface area contributed by atoms with Crippen molar-refractivity contribution >= 4 is 35.4 Å². The maximum absolute atomic E-state index is 14.0. The fourth-order valence-electron chi connectivity index (χ4n) is 5.29. The van der Waals surface area contributed by atoms with Crippen molar-refractivity contribution in [1.29, 1.82) is 0 Å². The molecule has 9 nitrogen and oxygen atoms in total. The topological polar surface area (TPSA) is 93.6 Å². The number of methoxy groups -OCH3 is 1. The first kappa shape index (κ1) is 32.2. The molecule has 2 heterocycles. The van der Waals surface area contributed by atoms with Gasteiger partial charge in [-0.1, -0.05) is 84.9 Å². The molecule has 1 aliphatic heterocycles. The van der Waals surface area contributed by atoms with Crippen molar-refractivity contribution in [2.75, 3.05) is 14.2 Å². The van der Waals surface area contributed by atoms with Gasteiger partial charge in [-0.2, -0.15) is 4.99 Å². The Bertz CT molecular complexity index is 1880. The lowest BCUT2D eigenvalue weighted by Gasteiger charge is -2.20. The molecule has 2 amide bonds. The van der Waals surface area contributed by atoms with Crippen LogP contribution in [0.3, 0.4) is 0 Å². The van der Waals surface area contributed by atoms with E-state index < -0.39 is 12.0 Å². The van der Waals surface area contributed by atoms with Gasteiger partial charge in [0.05, 0.1) is 18.8 Å². The molecular weight excluding hydrogens is 625 g/mol. The Morgan fingerprint density at radius 1 is 0.833 bits per heavy atom. The summed E-state index contributed by atoms with van der Waals surface area (Å²) in [5.41, 5.74) is 4.37. The predicted molar refractivity (Wildman–Crippen MR) is 186 cm³/mol. The average Bonchev–Trinajstić information content (AvgIpc) is 3.76. The van der Waals surface area contributed by atoms with Crippen molar-refractivity contribution < 1.29 is 23.8 Å². The van der Waals surface area contributed by atoms with E-state index >= 15 is 0 Å². The van der Waals surface area contributed by atoms with Gasteiger partial charge in [0.15, 0.2) is 5.01 Å². The van der Waals surface area contributed by atoms with E-state index in [1.54, 1.807) is 18.7 Å². The number of ether oxygens (including phenoxy) is 3. The lowest BCUT2D eigenvalue weighted by molar-refractivity contribution is 0.0999. The largest absolute Gasteiger partial charge is 0.497 e. The number of guanidine groups is 1. The third-order valence-electron chi connectivity index (χ3n) is 7.82. The maximum Gasteiger partial charge on any atom is 0.421 e. The van der Waals surface area contributed by atoms with Gasteiger partial charge in [0.2, 0.25) is 5.96 Å². The summed E-state index contributed by atoms with van der Waals surface area (Å²) in [7, 11) is 3.43. The van der Waals surface area contributed by atoms with Gasteiger partial charge in [0.25, 0.3) is 0 Å². The first-order chi connectivity index (χ1) is 23.5. The molecule has 48 heavy (non-hydrogen) atoms. The third-order valence-corrected chi connectivity index (χ3v) is 8.58. The van der Waals surface area contributed by atoms with Crippen LogP contribution in [0, 0.1) is 0 Å². The number of likely N-dealkylation sites (N-methyl/N-ethyl adjacent to an activating group) is 1. The second-order valence-electron chi connectivity index (χ2n) is 11.0. The van der Waals surface area contributed by atoms with Gasteiger partial charge >= 0.3 is 12.0 Å². The fraction of sp³-hybridized carbons (Fsp3) is 0.158. The molecule has 0 aliphatic carbocycles. The first-order valence-corrected chi connectivity index (χ1v) is 16.2. The number of thiazole rings is 1. The molecule has 0 saturated carbocycles. The lowest BCUT2D eigenvalue weighted by Crippen LogP contribution is -2.37. The number of hydrogen-bond acceptors (Lipinski definition) is 7. The van der Waals surface area contributed by atoms with Crippen molar-refractivity contribution in [2.45, 2.75) is 25.7 Å². The molecule has 1 unspecified atom stereocenters. The fourth-order valence-corrected chi connectivity index (χ4v) is 5.81. The zero-order valence-corrected chi connectivity index (χ0v) is 27.4. The Kier molecular flexibility index (Phi) is 10.2. The molecule has 1 aromatic heterocycles. The van der Waals surface area contributed by atoms with Gasteiger partial charge in [-0.3, -0.25) is 4.79 Å². The Morgan fingerprint density at radius 2 is 1.48 bits per heavy atom. The van der Waals surface area contributed by atoms with Crippen LogP contribution in [-0.2, 0) is 24.4 Å². The Morgan fingerprint density at radius 3 is 2.10 bits per heavy atom. The van der Waals surface area contributed by atoms with Crippen molar-refractivity contribution in [2.24, 2.45) is 4.99 Å². The highest BCUT2D eigenvalue weighted by atomic mass is 32.1. The molecule has 1 saturated heterocycles. The van der Waals surface area contributed by atoms with E-state index in [2.05, 4.69) is 9.98 Å². The predicted octanol–water partition coefficient (Wildman–Crippen LogP) is 7.46. The molecule has 0 spiro atoms. The summed E-state index contributed by atoms with van der Waals surface area (Å²) in [5.74, 6) is 1.07. The van der Waals surface area contributed by atoms with Gasteiger partial charge in [0.1, 0.15) is 24.7 Å². The van der Waals surface area contributed by atoms with Crippen molar-refractivity contribution in [1.82, 2.24) is 14.8 Å². The molecule has 0 bridgehead atoms. The molecule has 1 atom stereocenters. The maximum atomic E-state index is 14.0. The van der Waals surface area contributed by atoms with Gasteiger partial charge in [-0.25, -0.2) is 14.7 Å². The van der Waals surface area contributed by atoms with E-state index in [1.807, 2.05) is 127 Å². The van der Waals surface area contributed by atoms with Crippen molar-refractivity contribution in [3.8, 4) is 11.5 Å². The highest BCUT2D eigenvalue weighted by Gasteiger charge is 2.43. The van der Waals surface area contributed by atoms with Gasteiger partial charge in [0, 0.05) is 18.6 Å². The number of hydrogen-bond donors (Lipinski definition) is 0. The minimum atomic E-state index is -0.650. The van der Waals surface area contributed by atoms with Crippen LogP contribution in [0.5, 0.6) is 11.5 Å². The lowest BCUT2D eigenvalue weighted by atomic mass is 10.0. The van der Waals surface area contributed by atoms with Crippen molar-refractivity contribution in [3.05, 3.63) is 154 Å². The van der Waals surface area contributed by atoms with Crippen LogP contribution >= 0.6 is 11.3 Å². The standard InChI is InChI=1S/C38H34N4O5S/c1-41-33(23-27-15-19-32(20-16-27)46-25-29-9-5-3-6-10-29)34(24-28-13-17-31(45-2)18-14-28)42(37(41)40-35(43)36-39-21-22-48-36)38(44)47-26-30-11-7-4-8-12-30/h3-22,24,33H,23,25-26H2,1-2H3/b34-24-,40-37?. The van der Waals surface area contributed by atoms with E-state index in [9.17, 15) is 9.59 Å². The van der Waals surface area contributed by atoms with Gasteiger partial charge < -0.3 is 19.1 Å². The van der Waals surface area contributed by atoms with E-state index in [1.165, 1.54) is 16.2 Å². The Labute approximate surface area is 283 Å². The summed E-state index contributed by atoms with van der Waals surface area (Å²) < 4.78 is 17.2. The number of nitrogens with zero attached hydrogens (tertiary/aromatic N) is 4. The second kappa shape index (κ2) is 15.2. The highest BCUT2D eigenvalue weighted by molar-refractivity contribution is 7.11. The molecule has 6 rings (SSSR count). The van der Waals surface area contributed by atoms with Gasteiger partial charge in [-0.15, -0.1) is 11.3 Å². The van der Waals surface area contributed by atoms with Crippen LogP contribution in [0.15, 0.2) is 131 Å². The minimum Gasteiger partial charge on any atom is -0.497 e. The zero-order valence-electron chi connectivity index (χ0n) is 26.6. The van der Waals surface area contributed by atoms with Crippen LogP contribution in [0.4, 0.5) is 4.79 Å². The average molecular weight is 659 g/mol. The molecule has 5 aromatic rings. The summed E-state index contributed by atoms with van der Waals surface area (Å²) in [6, 6.07) is 34.5. The molecule has 0 radical (unpaired) electrons. The summed E-state index contributed by atoms with van der Waals surface area (Å²) in [4.78, 5) is 39.0. The third kappa shape index (κ3) is 7.79. The summed E-state index contributed by atoms with van der Waals surface area (Å²) in [6.07, 6.45) is 3.32. The van der Waals surface area contributed by atoms with Crippen LogP contribution in [0.25, 0.3) is 6.08 Å². The SMILES string of the molecule is COc1ccc(/C=C2/C(Cc3ccc(OCc4ccccc4)cc3)N(C)C(=NC(=O)c3nccs3)N2C(=O)OCc2ccccc2)cc1. The van der Waals surface area contributed by atoms with Crippen LogP contribution in [0.1, 0.15) is 32.1 Å². The molecule has 4 aromatic carbocycles. The Hall–Kier alpha value is -5.74. The number of benzene rings is 4. The summed E-state index contributed by atoms with van der Waals surface area (Å²) in [6.45, 7) is 0.520. The molecule has 1 aliphatic rings. The Balaban J connectivity index is 1.34. The number of aromatic nitrogens is 1. The molecular formula is C38H34N4O5S. The molecule has 242 valence electrons. The highest BCUT2D eigenvalue weighted by Crippen LogP contribution is 2.32. The number of carbonyl (C=O) groups excluding carboxylic acids is 2. The summed E-state index contributed by atoms with van der Waals surface area (Å²) >= 11 is 1.19. The number of amides is 2. The minimum absolute atomic E-state index is 0.0541. The zero-order chi connectivity index (χ0) is 33.3. The molecule has 1 fully saturated rings. The monoisotopic (exact) mass is 658 g/mol. The molecule has 0 N–H and O–H groups in total. The quantitative estimate of drug-likeness (QED) is 0.154. The smallest absolute Gasteiger partial charge is 0.421 e. The van der Waals surface area contributed by atoms with E-state index in [4.69, 9.17) is 14.2 Å².